The number of fused-ring (bicyclic) bond motifs is 8. The molecule has 0 fully saturated rings. The molecule has 0 unspecified atom stereocenters. The number of nitrogens with zero attached hydrogens (tertiary/aromatic N) is 4. The fraction of sp³-hybridized carbons (Fsp3) is 0.0833. The van der Waals surface area contributed by atoms with Gasteiger partial charge in [-0.3, -0.25) is 4.98 Å². The Morgan fingerprint density at radius 2 is 0.906 bits per heavy atom. The molecule has 0 atom stereocenters. The highest BCUT2D eigenvalue weighted by atomic mass is 16.5. The minimum absolute atomic E-state index is 0.254. The van der Waals surface area contributed by atoms with E-state index >= 15 is 0 Å². The summed E-state index contributed by atoms with van der Waals surface area (Å²) in [5.41, 5.74) is 11.6. The van der Waals surface area contributed by atoms with Crippen molar-refractivity contribution in [3.63, 3.8) is 0 Å². The smallest absolute Gasteiger partial charge is 0.182 e. The van der Waals surface area contributed by atoms with Crippen molar-refractivity contribution in [1.29, 1.82) is 0 Å². The van der Waals surface area contributed by atoms with Crippen molar-refractivity contribution in [2.24, 2.45) is 0 Å². The number of ether oxygens (including phenoxy) is 1. The van der Waals surface area contributed by atoms with Crippen molar-refractivity contribution in [2.45, 2.75) is 24.7 Å². The summed E-state index contributed by atoms with van der Waals surface area (Å²) in [6.07, 6.45) is 1.76. The Kier molecular flexibility index (Phi) is 6.99. The first-order valence-electron chi connectivity index (χ1n) is 18.0. The van der Waals surface area contributed by atoms with Crippen LogP contribution in [0.3, 0.4) is 0 Å². The Morgan fingerprint density at radius 1 is 0.396 bits per heavy atom. The minimum atomic E-state index is -0.532. The summed E-state index contributed by atoms with van der Waals surface area (Å²) in [4.78, 5) is 19.2. The largest absolute Gasteiger partial charge is 0.457 e. The molecule has 2 aromatic heterocycles. The maximum atomic E-state index is 6.58. The van der Waals surface area contributed by atoms with Crippen LogP contribution in [0.25, 0.3) is 45.4 Å². The van der Waals surface area contributed by atoms with E-state index in [9.17, 15) is 0 Å². The molecule has 0 bridgehead atoms. The highest BCUT2D eigenvalue weighted by molar-refractivity contribution is 5.78. The van der Waals surface area contributed by atoms with Gasteiger partial charge in [0.1, 0.15) is 17.2 Å². The van der Waals surface area contributed by atoms with Gasteiger partial charge >= 0.3 is 0 Å². The first-order valence-corrected chi connectivity index (χ1v) is 18.0. The van der Waals surface area contributed by atoms with Crippen LogP contribution in [0.15, 0.2) is 170 Å². The zero-order valence-corrected chi connectivity index (χ0v) is 29.4. The van der Waals surface area contributed by atoms with Gasteiger partial charge in [-0.2, -0.15) is 0 Å². The molecule has 8 aromatic rings. The standard InChI is InChI=1S/C48H34N4O/c1-47(2)35-16-6-7-17-36(35)48(38-18-8-10-21-42(38)53-43-22-11-9-19-39(43)48)37-28-27-34(30-40(37)47)31-23-25-33(26-24-31)45-50-44(32-14-4-3-5-15-32)51-46(52-45)41-20-12-13-29-49-41/h3-30H,1-2H3. The van der Waals surface area contributed by atoms with Crippen molar-refractivity contribution in [2.75, 3.05) is 0 Å². The Hall–Kier alpha value is -6.72. The maximum Gasteiger partial charge on any atom is 0.182 e. The molecular formula is C48H34N4O. The average Bonchev–Trinajstić information content (AvgIpc) is 3.23. The van der Waals surface area contributed by atoms with Gasteiger partial charge in [-0.05, 0) is 63.7 Å². The second-order valence-electron chi connectivity index (χ2n) is 14.2. The predicted molar refractivity (Wildman–Crippen MR) is 210 cm³/mol. The van der Waals surface area contributed by atoms with E-state index in [1.165, 1.54) is 22.3 Å². The molecule has 0 saturated heterocycles. The van der Waals surface area contributed by atoms with E-state index in [1.807, 2.05) is 48.5 Å². The van der Waals surface area contributed by atoms with E-state index < -0.39 is 5.41 Å². The fourth-order valence-corrected chi connectivity index (χ4v) is 8.43. The van der Waals surface area contributed by atoms with Crippen LogP contribution < -0.4 is 4.74 Å². The van der Waals surface area contributed by atoms with Gasteiger partial charge in [0, 0.05) is 33.9 Å². The maximum absolute atomic E-state index is 6.58. The van der Waals surface area contributed by atoms with Crippen LogP contribution in [0.1, 0.15) is 47.2 Å². The Morgan fingerprint density at radius 3 is 1.57 bits per heavy atom. The van der Waals surface area contributed by atoms with Gasteiger partial charge in [-0.1, -0.05) is 147 Å². The van der Waals surface area contributed by atoms with Crippen molar-refractivity contribution in [1.82, 2.24) is 19.9 Å². The summed E-state index contributed by atoms with van der Waals surface area (Å²) >= 11 is 0. The summed E-state index contributed by atoms with van der Waals surface area (Å²) in [6.45, 7) is 4.71. The van der Waals surface area contributed by atoms with Crippen molar-refractivity contribution >= 4 is 0 Å². The van der Waals surface area contributed by atoms with E-state index in [2.05, 4.69) is 134 Å². The number of benzene rings is 6. The molecule has 0 amide bonds. The molecule has 1 aliphatic heterocycles. The van der Waals surface area contributed by atoms with Crippen molar-refractivity contribution < 1.29 is 4.74 Å². The molecule has 5 nitrogen and oxygen atoms in total. The third kappa shape index (κ3) is 4.77. The van der Waals surface area contributed by atoms with Gasteiger partial charge in [0.2, 0.25) is 0 Å². The van der Waals surface area contributed by atoms with E-state index in [0.717, 1.165) is 44.9 Å². The lowest BCUT2D eigenvalue weighted by Gasteiger charge is -2.50. The molecule has 6 aromatic carbocycles. The quantitative estimate of drug-likeness (QED) is 0.185. The van der Waals surface area contributed by atoms with Crippen LogP contribution in [0.4, 0.5) is 0 Å². The topological polar surface area (TPSA) is 60.8 Å². The van der Waals surface area contributed by atoms with Crippen LogP contribution in [0.2, 0.25) is 0 Å². The van der Waals surface area contributed by atoms with Gasteiger partial charge in [0.15, 0.2) is 17.5 Å². The number of aromatic nitrogens is 4. The average molecular weight is 683 g/mol. The zero-order valence-electron chi connectivity index (χ0n) is 29.4. The molecule has 10 rings (SSSR count). The summed E-state index contributed by atoms with van der Waals surface area (Å²) in [5.74, 6) is 3.55. The predicted octanol–water partition coefficient (Wildman–Crippen LogP) is 11.1. The summed E-state index contributed by atoms with van der Waals surface area (Å²) in [7, 11) is 0. The third-order valence-corrected chi connectivity index (χ3v) is 10.9. The molecule has 252 valence electrons. The molecule has 0 N–H and O–H groups in total. The third-order valence-electron chi connectivity index (χ3n) is 10.9. The number of hydrogen-bond acceptors (Lipinski definition) is 5. The highest BCUT2D eigenvalue weighted by Gasteiger charge is 2.52. The van der Waals surface area contributed by atoms with Gasteiger partial charge < -0.3 is 4.74 Å². The number of pyridine rings is 1. The fourth-order valence-electron chi connectivity index (χ4n) is 8.43. The summed E-state index contributed by atoms with van der Waals surface area (Å²) in [5, 5.41) is 0. The summed E-state index contributed by atoms with van der Waals surface area (Å²) < 4.78 is 6.58. The number of para-hydroxylation sites is 2. The SMILES string of the molecule is CC1(C)c2ccccc2C2(c3ccccc3Oc3ccccc32)c2ccc(-c3ccc(-c4nc(-c5ccccc5)nc(-c5ccccn5)n4)cc3)cc21. The van der Waals surface area contributed by atoms with Crippen LogP contribution >= 0.6 is 0 Å². The Bertz CT molecular complexity index is 2570. The normalized spacial score (nSPS) is 14.3. The first kappa shape index (κ1) is 31.1. The molecule has 5 heteroatoms. The second kappa shape index (κ2) is 11.9. The van der Waals surface area contributed by atoms with E-state index in [4.69, 9.17) is 19.7 Å². The zero-order chi connectivity index (χ0) is 35.6. The van der Waals surface area contributed by atoms with Gasteiger partial charge in [-0.25, -0.2) is 15.0 Å². The van der Waals surface area contributed by atoms with Crippen LogP contribution in [0.5, 0.6) is 11.5 Å². The van der Waals surface area contributed by atoms with Gasteiger partial charge in [-0.15, -0.1) is 0 Å². The van der Waals surface area contributed by atoms with E-state index in [1.54, 1.807) is 6.20 Å². The van der Waals surface area contributed by atoms with E-state index in [-0.39, 0.29) is 5.41 Å². The summed E-state index contributed by atoms with van der Waals surface area (Å²) in [6, 6.07) is 57.4. The van der Waals surface area contributed by atoms with Crippen molar-refractivity contribution in [3.05, 3.63) is 203 Å². The lowest BCUT2D eigenvalue weighted by atomic mass is 9.53. The monoisotopic (exact) mass is 682 g/mol. The van der Waals surface area contributed by atoms with Crippen LogP contribution in [0, 0.1) is 0 Å². The van der Waals surface area contributed by atoms with Gasteiger partial charge in [0.25, 0.3) is 0 Å². The number of hydrogen-bond donors (Lipinski definition) is 0. The van der Waals surface area contributed by atoms with Gasteiger partial charge in [0.05, 0.1) is 5.41 Å². The van der Waals surface area contributed by atoms with Crippen molar-refractivity contribution in [3.8, 4) is 56.9 Å². The molecule has 0 radical (unpaired) electrons. The minimum Gasteiger partial charge on any atom is -0.457 e. The lowest BCUT2D eigenvalue weighted by Crippen LogP contribution is -2.43. The molecular weight excluding hydrogens is 649 g/mol. The van der Waals surface area contributed by atoms with Crippen LogP contribution in [-0.2, 0) is 10.8 Å². The lowest BCUT2D eigenvalue weighted by molar-refractivity contribution is 0.425. The molecule has 0 saturated carbocycles. The molecule has 1 spiro atoms. The molecule has 53 heavy (non-hydrogen) atoms. The Balaban J connectivity index is 1.12. The molecule has 2 aliphatic rings. The molecule has 1 aliphatic carbocycles. The van der Waals surface area contributed by atoms with Crippen LogP contribution in [-0.4, -0.2) is 19.9 Å². The Labute approximate surface area is 308 Å². The van der Waals surface area contributed by atoms with E-state index in [0.29, 0.717) is 23.2 Å². The highest BCUT2D eigenvalue weighted by Crippen LogP contribution is 2.61. The second-order valence-corrected chi connectivity index (χ2v) is 14.2. The first-order chi connectivity index (χ1) is 26.0. The molecule has 3 heterocycles. The number of rotatable bonds is 4.